The van der Waals surface area contributed by atoms with Crippen molar-refractivity contribution in [3.8, 4) is 0 Å². The second-order valence-corrected chi connectivity index (χ2v) is 8.89. The van der Waals surface area contributed by atoms with Gasteiger partial charge in [-0.3, -0.25) is 9.89 Å². The largest absolute Gasteiger partial charge is 0.347 e. The van der Waals surface area contributed by atoms with Gasteiger partial charge in [0.2, 0.25) is 0 Å². The van der Waals surface area contributed by atoms with E-state index in [9.17, 15) is 13.2 Å². The first kappa shape index (κ1) is 17.1. The molecular formula is C15H20N4O3S2. The Kier molecular flexibility index (Phi) is 5.02. The molecule has 7 nitrogen and oxygen atoms in total. The number of carbonyl (C=O) groups excluding carboxylic acids is 1. The summed E-state index contributed by atoms with van der Waals surface area (Å²) >= 11 is 1.32. The maximum absolute atomic E-state index is 12.5. The smallest absolute Gasteiger partial charge is 0.255 e. The Morgan fingerprint density at radius 2 is 2.33 bits per heavy atom. The van der Waals surface area contributed by atoms with Crippen molar-refractivity contribution < 1.29 is 13.2 Å². The first-order valence-electron chi connectivity index (χ1n) is 7.75. The highest BCUT2D eigenvalue weighted by molar-refractivity contribution is 7.90. The summed E-state index contributed by atoms with van der Waals surface area (Å²) in [5.74, 6) is 0.00694. The summed E-state index contributed by atoms with van der Waals surface area (Å²) in [6, 6.07) is 1.57. The third-order valence-corrected chi connectivity index (χ3v) is 6.36. The highest BCUT2D eigenvalue weighted by Gasteiger charge is 2.23. The molecule has 0 saturated carbocycles. The van der Waals surface area contributed by atoms with E-state index in [2.05, 4.69) is 20.8 Å². The number of piperidine rings is 1. The van der Waals surface area contributed by atoms with Gasteiger partial charge in [-0.25, -0.2) is 8.42 Å². The monoisotopic (exact) mass is 368 g/mol. The maximum atomic E-state index is 12.5. The quantitative estimate of drug-likeness (QED) is 0.737. The molecule has 3 rings (SSSR count). The topological polar surface area (TPSA) is 104 Å². The van der Waals surface area contributed by atoms with E-state index in [1.807, 2.05) is 0 Å². The molecule has 1 unspecified atom stereocenters. The van der Waals surface area contributed by atoms with Crippen LogP contribution in [-0.4, -0.2) is 43.9 Å². The molecule has 2 aromatic heterocycles. The lowest BCUT2D eigenvalue weighted by atomic mass is 9.93. The van der Waals surface area contributed by atoms with Crippen LogP contribution in [0.15, 0.2) is 22.5 Å². The molecule has 3 N–H and O–H groups in total. The Hall–Kier alpha value is -1.71. The van der Waals surface area contributed by atoms with Crippen molar-refractivity contribution in [3.05, 3.63) is 33.8 Å². The highest BCUT2D eigenvalue weighted by atomic mass is 32.2. The molecule has 1 fully saturated rings. The Morgan fingerprint density at radius 3 is 3.04 bits per heavy atom. The molecule has 24 heavy (non-hydrogen) atoms. The zero-order valence-corrected chi connectivity index (χ0v) is 15.0. The standard InChI is InChI=1S/C15H20N4O3S2/c1-24(21,22)13-4-6-23-12(13)9-17-15(20)11-8-18-19-14(11)10-3-2-5-16-7-10/h4,6,8,10,16H,2-3,5,7,9H2,1H3,(H,17,20)(H,18,19). The predicted octanol–water partition coefficient (Wildman–Crippen LogP) is 1.27. The number of nitrogens with zero attached hydrogens (tertiary/aromatic N) is 1. The molecule has 2 aromatic rings. The fourth-order valence-electron chi connectivity index (χ4n) is 2.93. The van der Waals surface area contributed by atoms with Crippen LogP contribution in [0.25, 0.3) is 0 Å². The van der Waals surface area contributed by atoms with Crippen LogP contribution >= 0.6 is 11.3 Å². The Morgan fingerprint density at radius 1 is 1.50 bits per heavy atom. The van der Waals surface area contributed by atoms with Crippen molar-refractivity contribution in [1.29, 1.82) is 0 Å². The van der Waals surface area contributed by atoms with Crippen molar-refractivity contribution in [3.63, 3.8) is 0 Å². The number of carbonyl (C=O) groups is 1. The second-order valence-electron chi connectivity index (χ2n) is 5.90. The molecule has 1 atom stereocenters. The lowest BCUT2D eigenvalue weighted by Crippen LogP contribution is -2.30. The number of hydrogen-bond acceptors (Lipinski definition) is 6. The van der Waals surface area contributed by atoms with E-state index < -0.39 is 9.84 Å². The summed E-state index contributed by atoms with van der Waals surface area (Å²) in [7, 11) is -3.28. The van der Waals surface area contributed by atoms with E-state index in [0.717, 1.165) is 31.6 Å². The van der Waals surface area contributed by atoms with Crippen molar-refractivity contribution in [2.75, 3.05) is 19.3 Å². The lowest BCUT2D eigenvalue weighted by Gasteiger charge is -2.22. The van der Waals surface area contributed by atoms with E-state index in [1.165, 1.54) is 23.8 Å². The predicted molar refractivity (Wildman–Crippen MR) is 92.0 cm³/mol. The molecular weight excluding hydrogens is 348 g/mol. The van der Waals surface area contributed by atoms with Crippen LogP contribution in [-0.2, 0) is 16.4 Å². The zero-order chi connectivity index (χ0) is 17.2. The second kappa shape index (κ2) is 7.04. The van der Waals surface area contributed by atoms with E-state index in [0.29, 0.717) is 10.4 Å². The molecule has 1 aliphatic rings. The van der Waals surface area contributed by atoms with Crippen LogP contribution in [0, 0.1) is 0 Å². The molecule has 1 saturated heterocycles. The van der Waals surface area contributed by atoms with Crippen LogP contribution < -0.4 is 10.6 Å². The molecule has 1 amide bonds. The van der Waals surface area contributed by atoms with Gasteiger partial charge in [-0.05, 0) is 30.8 Å². The molecule has 0 bridgehead atoms. The van der Waals surface area contributed by atoms with Gasteiger partial charge >= 0.3 is 0 Å². The van der Waals surface area contributed by atoms with E-state index in [4.69, 9.17) is 0 Å². The van der Waals surface area contributed by atoms with Crippen LogP contribution in [0.2, 0.25) is 0 Å². The van der Waals surface area contributed by atoms with Gasteiger partial charge in [0.05, 0.1) is 28.9 Å². The normalized spacial score (nSPS) is 18.5. The molecule has 0 radical (unpaired) electrons. The summed E-state index contributed by atoms with van der Waals surface area (Å²) in [4.78, 5) is 13.4. The van der Waals surface area contributed by atoms with Gasteiger partial charge in [0, 0.05) is 23.6 Å². The average Bonchev–Trinajstić information content (AvgIpc) is 3.22. The first-order chi connectivity index (χ1) is 11.5. The average molecular weight is 368 g/mol. The molecule has 0 aliphatic carbocycles. The van der Waals surface area contributed by atoms with Crippen LogP contribution in [0.5, 0.6) is 0 Å². The number of thiophene rings is 1. The molecule has 1 aliphatic heterocycles. The summed E-state index contributed by atoms with van der Waals surface area (Å²) < 4.78 is 23.4. The van der Waals surface area contributed by atoms with Gasteiger partial charge in [0.1, 0.15) is 0 Å². The lowest BCUT2D eigenvalue weighted by molar-refractivity contribution is 0.0949. The summed E-state index contributed by atoms with van der Waals surface area (Å²) in [6.45, 7) is 2.01. The van der Waals surface area contributed by atoms with Crippen molar-refractivity contribution in [2.24, 2.45) is 0 Å². The van der Waals surface area contributed by atoms with Crippen molar-refractivity contribution >= 4 is 27.1 Å². The Labute approximate surface area is 144 Å². The van der Waals surface area contributed by atoms with Crippen LogP contribution in [0.3, 0.4) is 0 Å². The van der Waals surface area contributed by atoms with Crippen LogP contribution in [0.1, 0.15) is 39.7 Å². The van der Waals surface area contributed by atoms with Gasteiger partial charge in [0.15, 0.2) is 9.84 Å². The number of H-pyrrole nitrogens is 1. The summed E-state index contributed by atoms with van der Waals surface area (Å²) in [5, 5.41) is 14.8. The van der Waals surface area contributed by atoms with E-state index in [-0.39, 0.29) is 23.3 Å². The fraction of sp³-hybridized carbons (Fsp3) is 0.467. The highest BCUT2D eigenvalue weighted by Crippen LogP contribution is 2.25. The number of aromatic nitrogens is 2. The Balaban J connectivity index is 1.71. The van der Waals surface area contributed by atoms with Crippen molar-refractivity contribution in [2.45, 2.75) is 30.2 Å². The van der Waals surface area contributed by atoms with Crippen LogP contribution in [0.4, 0.5) is 0 Å². The zero-order valence-electron chi connectivity index (χ0n) is 13.3. The molecule has 0 spiro atoms. The molecule has 0 aromatic carbocycles. The first-order valence-corrected chi connectivity index (χ1v) is 10.5. The van der Waals surface area contributed by atoms with Gasteiger partial charge in [0.25, 0.3) is 5.91 Å². The van der Waals surface area contributed by atoms with Gasteiger partial charge in [-0.15, -0.1) is 11.3 Å². The molecule has 130 valence electrons. The minimum Gasteiger partial charge on any atom is -0.347 e. The number of rotatable bonds is 5. The van der Waals surface area contributed by atoms with Gasteiger partial charge in [-0.2, -0.15) is 5.10 Å². The maximum Gasteiger partial charge on any atom is 0.255 e. The molecule has 9 heteroatoms. The van der Waals surface area contributed by atoms with E-state index >= 15 is 0 Å². The third-order valence-electron chi connectivity index (χ3n) is 4.13. The summed E-state index contributed by atoms with van der Waals surface area (Å²) in [6.07, 6.45) is 4.78. The third kappa shape index (κ3) is 3.68. The Bertz CT molecular complexity index is 819. The fourth-order valence-corrected chi connectivity index (χ4v) is 5.12. The van der Waals surface area contributed by atoms with Gasteiger partial charge < -0.3 is 10.6 Å². The molecule has 3 heterocycles. The minimum atomic E-state index is -3.28. The number of nitrogens with one attached hydrogen (secondary N) is 3. The SMILES string of the molecule is CS(=O)(=O)c1ccsc1CNC(=O)c1cn[nH]c1C1CCCNC1. The van der Waals surface area contributed by atoms with Crippen molar-refractivity contribution in [1.82, 2.24) is 20.8 Å². The number of sulfone groups is 1. The van der Waals surface area contributed by atoms with E-state index in [1.54, 1.807) is 11.4 Å². The number of amides is 1. The number of aromatic amines is 1. The summed E-state index contributed by atoms with van der Waals surface area (Å²) in [5.41, 5.74) is 1.37. The number of hydrogen-bond donors (Lipinski definition) is 3. The van der Waals surface area contributed by atoms with Gasteiger partial charge in [-0.1, -0.05) is 0 Å². The minimum absolute atomic E-state index is 0.187.